The van der Waals surface area contributed by atoms with Crippen LogP contribution in [0.4, 0.5) is 17.1 Å². The molecule has 0 atom stereocenters. The number of para-hydroxylation sites is 5. The first-order valence-corrected chi connectivity index (χ1v) is 26.3. The molecule has 3 heterocycles. The van der Waals surface area contributed by atoms with Crippen molar-refractivity contribution in [3.05, 3.63) is 267 Å². The van der Waals surface area contributed by atoms with Crippen LogP contribution in [0.5, 0.6) is 11.5 Å². The van der Waals surface area contributed by atoms with E-state index in [9.17, 15) is 0 Å². The van der Waals surface area contributed by atoms with Gasteiger partial charge in [0.2, 0.25) is 6.71 Å². The van der Waals surface area contributed by atoms with Crippen LogP contribution in [0.1, 0.15) is 0 Å². The molecule has 0 amide bonds. The quantitative estimate of drug-likeness (QED) is 0.112. The number of anilines is 3. The van der Waals surface area contributed by atoms with Gasteiger partial charge in [0.15, 0.2) is 5.58 Å². The maximum absolute atomic E-state index is 7.19. The Kier molecular flexibility index (Phi) is 9.70. The largest absolute Gasteiger partial charge is 0.457 e. The van der Waals surface area contributed by atoms with Crippen molar-refractivity contribution < 1.29 is 13.6 Å². The van der Waals surface area contributed by atoms with Gasteiger partial charge < -0.3 is 18.5 Å². The summed E-state index contributed by atoms with van der Waals surface area (Å²) in [5, 5.41) is 11.4. The molecule has 358 valence electrons. The lowest BCUT2D eigenvalue weighted by Crippen LogP contribution is -2.53. The number of hydrogen-bond acceptors (Lipinski definition) is 4. The Hall–Kier alpha value is -10.1. The second-order valence-electron chi connectivity index (χ2n) is 20.2. The van der Waals surface area contributed by atoms with Crippen molar-refractivity contribution in [2.75, 3.05) is 4.90 Å². The van der Waals surface area contributed by atoms with Gasteiger partial charge >= 0.3 is 0 Å². The third-order valence-corrected chi connectivity index (χ3v) is 16.0. The highest BCUT2D eigenvalue weighted by Gasteiger charge is 2.32. The van der Waals surface area contributed by atoms with E-state index in [0.29, 0.717) is 0 Å². The maximum Gasteiger partial charge on any atom is 0.247 e. The van der Waals surface area contributed by atoms with Crippen LogP contribution in [-0.4, -0.2) is 6.71 Å². The summed E-state index contributed by atoms with van der Waals surface area (Å²) in [5.41, 5.74) is 16.7. The van der Waals surface area contributed by atoms with Gasteiger partial charge in [-0.1, -0.05) is 223 Å². The van der Waals surface area contributed by atoms with E-state index in [1.54, 1.807) is 0 Å². The predicted octanol–water partition coefficient (Wildman–Crippen LogP) is 18.0. The number of furan rings is 2. The summed E-state index contributed by atoms with van der Waals surface area (Å²) in [7, 11) is 0. The topological polar surface area (TPSA) is 38.8 Å². The third-order valence-electron chi connectivity index (χ3n) is 16.0. The Bertz CT molecular complexity index is 4860. The molecule has 13 aromatic carbocycles. The molecule has 1 aliphatic rings. The van der Waals surface area contributed by atoms with Crippen molar-refractivity contribution in [1.82, 2.24) is 0 Å². The van der Waals surface area contributed by atoms with E-state index >= 15 is 0 Å². The average molecular weight is 982 g/mol. The van der Waals surface area contributed by atoms with E-state index in [4.69, 9.17) is 13.6 Å². The molecule has 1 aliphatic heterocycles. The molecule has 0 unspecified atom stereocenters. The second-order valence-corrected chi connectivity index (χ2v) is 20.2. The highest BCUT2D eigenvalue weighted by Crippen LogP contribution is 2.53. The van der Waals surface area contributed by atoms with Crippen molar-refractivity contribution in [2.24, 2.45) is 0 Å². The monoisotopic (exact) mass is 981 g/mol. The lowest BCUT2D eigenvalue weighted by atomic mass is 9.35. The molecule has 77 heavy (non-hydrogen) atoms. The molecule has 0 saturated carbocycles. The van der Waals surface area contributed by atoms with Gasteiger partial charge in [-0.05, 0) is 103 Å². The van der Waals surface area contributed by atoms with Crippen LogP contribution in [-0.2, 0) is 0 Å². The number of hydrogen-bond donors (Lipinski definition) is 0. The lowest BCUT2D eigenvalue weighted by Gasteiger charge is -2.30. The molecule has 5 heteroatoms. The zero-order valence-electron chi connectivity index (χ0n) is 41.7. The first kappa shape index (κ1) is 43.3. The minimum absolute atomic E-state index is 0.202. The number of benzene rings is 13. The number of nitrogens with zero attached hydrogens (tertiary/aromatic N) is 1. The molecular weight excluding hydrogens is 938 g/mol. The van der Waals surface area contributed by atoms with Gasteiger partial charge in [0.05, 0.1) is 17.1 Å². The lowest BCUT2D eigenvalue weighted by molar-refractivity contribution is 0.487. The number of fused-ring (bicyclic) bond motifs is 12. The minimum atomic E-state index is -0.202. The standard InChI is InChI=1S/C72H44BNO3/c1-3-20-45(21-4-1)48-24-9-13-33-61(48)73(62-34-17-31-56-52-28-11-15-37-66(52)76-71(56)62)63-44-59-55-30-19-39-68-70(55)60(43-58(59)50-26-7-8-27-51(50)63)54-41-40-47(42-69(54)75-68)74(64-35-14-10-25-49(64)46-22-5-2-6-23-46)65-36-18-32-57-53-29-12-16-38-67(53)77-72(57)65/h1-44H. The van der Waals surface area contributed by atoms with Gasteiger partial charge in [0.25, 0.3) is 0 Å². The molecule has 15 aromatic rings. The molecule has 0 bridgehead atoms. The fraction of sp³-hybridized carbons (Fsp3) is 0. The van der Waals surface area contributed by atoms with E-state index in [1.807, 2.05) is 12.1 Å². The summed E-state index contributed by atoms with van der Waals surface area (Å²) in [4.78, 5) is 2.33. The zero-order valence-corrected chi connectivity index (χ0v) is 41.7. The molecule has 0 fully saturated rings. The smallest absolute Gasteiger partial charge is 0.247 e. The van der Waals surface area contributed by atoms with Crippen LogP contribution < -0.4 is 26.0 Å². The maximum atomic E-state index is 7.19. The average Bonchev–Trinajstić information content (AvgIpc) is 4.19. The molecule has 0 aliphatic carbocycles. The van der Waals surface area contributed by atoms with E-state index in [-0.39, 0.29) is 6.71 Å². The van der Waals surface area contributed by atoms with Gasteiger partial charge in [-0.3, -0.25) is 0 Å². The SMILES string of the molecule is c1ccc(-c2ccccc2B(c2cc3c4cccc5c4c(cc3c3ccccc23)-c2ccc(N(c3ccccc3-c3ccccc3)c3cccc4c3oc3ccccc34)cc2O5)c2cccc3c2oc2ccccc23)cc1. The van der Waals surface area contributed by atoms with E-state index < -0.39 is 0 Å². The van der Waals surface area contributed by atoms with E-state index in [2.05, 4.69) is 260 Å². The Labute approximate surface area is 444 Å². The van der Waals surface area contributed by atoms with Gasteiger partial charge in [-0.2, -0.15) is 0 Å². The summed E-state index contributed by atoms with van der Waals surface area (Å²) < 4.78 is 20.9. The van der Waals surface area contributed by atoms with Crippen molar-refractivity contribution in [3.63, 3.8) is 0 Å². The molecule has 2 aromatic heterocycles. The third kappa shape index (κ3) is 6.74. The van der Waals surface area contributed by atoms with E-state index in [1.165, 1.54) is 43.6 Å². The van der Waals surface area contributed by atoms with Crippen molar-refractivity contribution >= 4 is 116 Å². The van der Waals surface area contributed by atoms with E-state index in [0.717, 1.165) is 111 Å². The fourth-order valence-electron chi connectivity index (χ4n) is 12.6. The highest BCUT2D eigenvalue weighted by atomic mass is 16.5. The van der Waals surface area contributed by atoms with Crippen molar-refractivity contribution in [1.29, 1.82) is 0 Å². The second kappa shape index (κ2) is 17.2. The van der Waals surface area contributed by atoms with Crippen molar-refractivity contribution in [3.8, 4) is 44.9 Å². The highest BCUT2D eigenvalue weighted by molar-refractivity contribution is 6.99. The van der Waals surface area contributed by atoms with Crippen LogP contribution >= 0.6 is 0 Å². The van der Waals surface area contributed by atoms with Crippen LogP contribution in [0.25, 0.3) is 110 Å². The van der Waals surface area contributed by atoms with Gasteiger partial charge in [-0.25, -0.2) is 0 Å². The Morgan fingerprint density at radius 2 is 0.831 bits per heavy atom. The molecule has 0 spiro atoms. The summed E-state index contributed by atoms with van der Waals surface area (Å²) in [6.07, 6.45) is 0. The molecule has 0 radical (unpaired) electrons. The normalized spacial score (nSPS) is 12.0. The molecule has 16 rings (SSSR count). The van der Waals surface area contributed by atoms with Crippen molar-refractivity contribution in [2.45, 2.75) is 0 Å². The molecule has 0 N–H and O–H groups in total. The van der Waals surface area contributed by atoms with Crippen LogP contribution in [0.3, 0.4) is 0 Å². The molecule has 4 nitrogen and oxygen atoms in total. The predicted molar refractivity (Wildman–Crippen MR) is 322 cm³/mol. The summed E-state index contributed by atoms with van der Waals surface area (Å²) >= 11 is 0. The van der Waals surface area contributed by atoms with Gasteiger partial charge in [0, 0.05) is 44.1 Å². The number of ether oxygens (including phenoxy) is 1. The van der Waals surface area contributed by atoms with Crippen LogP contribution in [0, 0.1) is 0 Å². The first-order chi connectivity index (χ1) is 38.2. The molecular formula is C72H44BNO3. The summed E-state index contributed by atoms with van der Waals surface area (Å²) in [5.74, 6) is 1.62. The molecule has 0 saturated heterocycles. The Morgan fingerprint density at radius 3 is 1.61 bits per heavy atom. The fourth-order valence-corrected chi connectivity index (χ4v) is 12.6. The van der Waals surface area contributed by atoms with Gasteiger partial charge in [0.1, 0.15) is 28.2 Å². The van der Waals surface area contributed by atoms with Gasteiger partial charge in [-0.15, -0.1) is 0 Å². The van der Waals surface area contributed by atoms with Crippen LogP contribution in [0.2, 0.25) is 0 Å². The minimum Gasteiger partial charge on any atom is -0.457 e. The van der Waals surface area contributed by atoms with Crippen LogP contribution in [0.15, 0.2) is 276 Å². The summed E-state index contributed by atoms with van der Waals surface area (Å²) in [6.45, 7) is -0.202. The number of rotatable bonds is 8. The Balaban J connectivity index is 0.922. The summed E-state index contributed by atoms with van der Waals surface area (Å²) in [6, 6.07) is 95.8. The zero-order chi connectivity index (χ0) is 50.6. The Morgan fingerprint density at radius 1 is 0.286 bits per heavy atom. The first-order valence-electron chi connectivity index (χ1n) is 26.3.